The van der Waals surface area contributed by atoms with Gasteiger partial charge in [0.1, 0.15) is 11.3 Å². The van der Waals surface area contributed by atoms with Gasteiger partial charge in [-0.3, -0.25) is 9.78 Å². The number of hydrogen-bond acceptors (Lipinski definition) is 7. The summed E-state index contributed by atoms with van der Waals surface area (Å²) in [5.41, 5.74) is 1.10. The Balaban J connectivity index is 1.63. The van der Waals surface area contributed by atoms with Crippen LogP contribution in [0.2, 0.25) is 5.02 Å². The van der Waals surface area contributed by atoms with E-state index in [2.05, 4.69) is 4.98 Å². The van der Waals surface area contributed by atoms with Gasteiger partial charge in [0.25, 0.3) is 0 Å². The van der Waals surface area contributed by atoms with E-state index in [9.17, 15) is 9.90 Å². The molecule has 0 bridgehead atoms. The zero-order valence-corrected chi connectivity index (χ0v) is 20.4. The minimum absolute atomic E-state index is 0.0535. The van der Waals surface area contributed by atoms with E-state index < -0.39 is 5.60 Å². The topological polar surface area (TPSA) is 85.5 Å². The van der Waals surface area contributed by atoms with Gasteiger partial charge in [0.15, 0.2) is 11.0 Å². The molecule has 1 N–H and O–H groups in total. The number of ether oxygens (including phenoxy) is 1. The van der Waals surface area contributed by atoms with Gasteiger partial charge in [0, 0.05) is 27.6 Å². The van der Waals surface area contributed by atoms with Crippen molar-refractivity contribution in [3.05, 3.63) is 59.2 Å². The van der Waals surface area contributed by atoms with E-state index in [4.69, 9.17) is 25.7 Å². The predicted molar refractivity (Wildman–Crippen MR) is 127 cm³/mol. The summed E-state index contributed by atoms with van der Waals surface area (Å²) in [5, 5.41) is 11.6. The average Bonchev–Trinajstić information content (AvgIpc) is 3.23. The van der Waals surface area contributed by atoms with Crippen LogP contribution in [-0.4, -0.2) is 28.2 Å². The number of carbonyl (C=O) groups excluding carboxylic acids is 1. The molecule has 2 aromatic heterocycles. The number of nitrogens with zero attached hydrogens (tertiary/aromatic N) is 2. The van der Waals surface area contributed by atoms with Gasteiger partial charge in [0.05, 0.1) is 18.7 Å². The van der Waals surface area contributed by atoms with Gasteiger partial charge in [-0.05, 0) is 87.7 Å². The summed E-state index contributed by atoms with van der Waals surface area (Å²) < 4.78 is 11.2. The van der Waals surface area contributed by atoms with E-state index in [-0.39, 0.29) is 17.8 Å². The fraction of sp³-hybridized carbons (Fsp3) is 0.400. The highest BCUT2D eigenvalue weighted by molar-refractivity contribution is 7.99. The Morgan fingerprint density at radius 1 is 1.15 bits per heavy atom. The minimum atomic E-state index is -1.02. The molecule has 0 spiro atoms. The largest absolute Gasteiger partial charge is 0.469 e. The van der Waals surface area contributed by atoms with Crippen LogP contribution in [-0.2, 0) is 15.1 Å². The van der Waals surface area contributed by atoms with Crippen LogP contribution in [0.3, 0.4) is 0 Å². The molecule has 1 aliphatic carbocycles. The maximum atomic E-state index is 11.9. The normalized spacial score (nSPS) is 18.8. The molecule has 2 heterocycles. The Labute approximate surface area is 202 Å². The molecule has 1 fully saturated rings. The first kappa shape index (κ1) is 23.8. The van der Waals surface area contributed by atoms with Gasteiger partial charge in [-0.15, -0.1) is 0 Å². The van der Waals surface area contributed by atoms with Gasteiger partial charge in [-0.1, -0.05) is 11.6 Å². The average molecular weight is 487 g/mol. The number of esters is 1. The molecule has 0 amide bonds. The van der Waals surface area contributed by atoms with Crippen LogP contribution in [0.4, 0.5) is 0 Å². The van der Waals surface area contributed by atoms with Crippen molar-refractivity contribution >= 4 is 29.3 Å². The van der Waals surface area contributed by atoms with Crippen LogP contribution in [0.15, 0.2) is 57.0 Å². The number of aromatic nitrogens is 2. The van der Waals surface area contributed by atoms with Crippen LogP contribution in [0, 0.1) is 5.92 Å². The fourth-order valence-electron chi connectivity index (χ4n) is 4.00. The maximum absolute atomic E-state index is 11.9. The quantitative estimate of drug-likeness (QED) is 0.414. The predicted octanol–water partition coefficient (Wildman–Crippen LogP) is 6.22. The number of methoxy groups -OCH3 is 1. The summed E-state index contributed by atoms with van der Waals surface area (Å²) >= 11 is 7.52. The molecule has 0 radical (unpaired) electrons. The molecular weight excluding hydrogens is 460 g/mol. The number of carbonyl (C=O) groups is 1. The number of rotatable bonds is 6. The molecule has 6 nitrogen and oxygen atoms in total. The van der Waals surface area contributed by atoms with Crippen LogP contribution < -0.4 is 0 Å². The Kier molecular flexibility index (Phi) is 7.12. The third-order valence-corrected chi connectivity index (χ3v) is 7.13. The van der Waals surface area contributed by atoms with Crippen molar-refractivity contribution in [2.24, 2.45) is 5.92 Å². The zero-order valence-electron chi connectivity index (χ0n) is 18.9. The van der Waals surface area contributed by atoms with Gasteiger partial charge in [-0.2, -0.15) is 0 Å². The lowest BCUT2D eigenvalue weighted by Crippen LogP contribution is -2.22. The molecule has 1 saturated carbocycles. The van der Waals surface area contributed by atoms with E-state index >= 15 is 0 Å². The number of aliphatic hydroxyl groups is 1. The fourth-order valence-corrected chi connectivity index (χ4v) is 5.00. The third kappa shape index (κ3) is 5.60. The highest BCUT2D eigenvalue weighted by atomic mass is 35.5. The summed E-state index contributed by atoms with van der Waals surface area (Å²) in [6.45, 7) is 3.41. The van der Waals surface area contributed by atoms with E-state index in [1.54, 1.807) is 20.0 Å². The minimum Gasteiger partial charge on any atom is -0.469 e. The highest BCUT2D eigenvalue weighted by Gasteiger charge is 2.31. The highest BCUT2D eigenvalue weighted by Crippen LogP contribution is 2.42. The van der Waals surface area contributed by atoms with Gasteiger partial charge >= 0.3 is 5.97 Å². The zero-order chi connectivity index (χ0) is 23.6. The van der Waals surface area contributed by atoms with Crippen molar-refractivity contribution < 1.29 is 19.1 Å². The van der Waals surface area contributed by atoms with E-state index in [1.807, 2.05) is 36.4 Å². The Morgan fingerprint density at radius 2 is 1.85 bits per heavy atom. The summed E-state index contributed by atoms with van der Waals surface area (Å²) in [6.07, 6.45) is 4.88. The first-order valence-electron chi connectivity index (χ1n) is 11.0. The summed E-state index contributed by atoms with van der Waals surface area (Å²) in [4.78, 5) is 22.2. The molecule has 33 heavy (non-hydrogen) atoms. The van der Waals surface area contributed by atoms with Crippen LogP contribution >= 0.6 is 23.4 Å². The van der Waals surface area contributed by atoms with Crippen molar-refractivity contribution in [3.8, 4) is 11.3 Å². The standard InChI is InChI=1S/C25H27ClN2O4S/c1-25(2,30)20-13-8-17(14-27-20)21-24(33-19-11-9-18(26)10-12-19)32-22(28-21)15-4-6-16(7-5-15)23(29)31-3/h8-16,30H,4-7H2,1-3H3/t15-,16+. The van der Waals surface area contributed by atoms with E-state index in [0.717, 1.165) is 41.8 Å². The second-order valence-electron chi connectivity index (χ2n) is 8.81. The number of pyridine rings is 1. The van der Waals surface area contributed by atoms with Crippen LogP contribution in [0.25, 0.3) is 11.3 Å². The lowest BCUT2D eigenvalue weighted by Gasteiger charge is -2.24. The number of halogens is 1. The van der Waals surface area contributed by atoms with Gasteiger partial charge < -0.3 is 14.3 Å². The lowest BCUT2D eigenvalue weighted by atomic mass is 9.82. The van der Waals surface area contributed by atoms with Gasteiger partial charge in [0.2, 0.25) is 0 Å². The third-order valence-electron chi connectivity index (χ3n) is 5.91. The summed E-state index contributed by atoms with van der Waals surface area (Å²) in [6, 6.07) is 11.3. The smallest absolute Gasteiger partial charge is 0.308 e. The van der Waals surface area contributed by atoms with Crippen molar-refractivity contribution in [3.63, 3.8) is 0 Å². The molecule has 8 heteroatoms. The Morgan fingerprint density at radius 3 is 2.42 bits per heavy atom. The Bertz CT molecular complexity index is 1100. The van der Waals surface area contributed by atoms with Crippen molar-refractivity contribution in [1.29, 1.82) is 0 Å². The first-order valence-corrected chi connectivity index (χ1v) is 12.2. The molecule has 4 rings (SSSR count). The monoisotopic (exact) mass is 486 g/mol. The molecule has 1 aliphatic rings. The lowest BCUT2D eigenvalue weighted by molar-refractivity contribution is -0.146. The molecule has 0 unspecified atom stereocenters. The second-order valence-corrected chi connectivity index (χ2v) is 10.3. The molecule has 0 aliphatic heterocycles. The molecule has 0 saturated heterocycles. The first-order chi connectivity index (χ1) is 15.7. The van der Waals surface area contributed by atoms with Crippen LogP contribution in [0.5, 0.6) is 0 Å². The van der Waals surface area contributed by atoms with Crippen molar-refractivity contribution in [1.82, 2.24) is 9.97 Å². The molecular formula is C25H27ClN2O4S. The van der Waals surface area contributed by atoms with E-state index in [0.29, 0.717) is 21.7 Å². The van der Waals surface area contributed by atoms with E-state index in [1.165, 1.54) is 18.9 Å². The van der Waals surface area contributed by atoms with Gasteiger partial charge in [-0.25, -0.2) is 4.98 Å². The molecule has 3 aromatic rings. The molecule has 0 atom stereocenters. The number of benzene rings is 1. The van der Waals surface area contributed by atoms with Crippen molar-refractivity contribution in [2.75, 3.05) is 7.11 Å². The van der Waals surface area contributed by atoms with Crippen LogP contribution in [0.1, 0.15) is 57.0 Å². The Hall–Kier alpha value is -2.35. The maximum Gasteiger partial charge on any atom is 0.308 e. The molecule has 174 valence electrons. The number of oxazole rings is 1. The summed E-state index contributed by atoms with van der Waals surface area (Å²) in [5.74, 6) is 0.629. The number of hydrogen-bond donors (Lipinski definition) is 1. The second kappa shape index (κ2) is 9.87. The molecule has 1 aromatic carbocycles. The summed E-state index contributed by atoms with van der Waals surface area (Å²) in [7, 11) is 1.44. The van der Waals surface area contributed by atoms with Crippen molar-refractivity contribution in [2.45, 2.75) is 61.0 Å². The SMILES string of the molecule is COC(=O)[C@H]1CC[C@@H](c2nc(-c3ccc(C(C)(C)O)nc3)c(Sc3ccc(Cl)cc3)o2)CC1.